The number of halogens is 2. The largest absolute Gasteiger partial charge is 0.454 e. The second kappa shape index (κ2) is 7.56. The molecule has 0 aliphatic carbocycles. The van der Waals surface area contributed by atoms with E-state index in [0.717, 1.165) is 15.5 Å². The summed E-state index contributed by atoms with van der Waals surface area (Å²) in [5, 5.41) is 0.994. The zero-order valence-corrected chi connectivity index (χ0v) is 14.6. The average molecular weight is 379 g/mol. The van der Waals surface area contributed by atoms with Crippen molar-refractivity contribution < 1.29 is 18.3 Å². The Morgan fingerprint density at radius 3 is 2.57 bits per heavy atom. The highest BCUT2D eigenvalue weighted by molar-refractivity contribution is 5.87. The summed E-state index contributed by atoms with van der Waals surface area (Å²) < 4.78 is 32.6. The lowest BCUT2D eigenvalue weighted by Crippen LogP contribution is -2.09. The number of ether oxygens (including phenoxy) is 1. The molecule has 0 unspecified atom stereocenters. The quantitative estimate of drug-likeness (QED) is 0.371. The van der Waals surface area contributed by atoms with Gasteiger partial charge in [0.15, 0.2) is 5.82 Å². The van der Waals surface area contributed by atoms with Crippen molar-refractivity contribution >= 4 is 34.0 Å². The van der Waals surface area contributed by atoms with Gasteiger partial charge < -0.3 is 4.74 Å². The first-order chi connectivity index (χ1) is 13.6. The lowest BCUT2D eigenvalue weighted by molar-refractivity contribution is -0.139. The number of hydrogen-bond donors (Lipinski definition) is 0. The molecule has 28 heavy (non-hydrogen) atoms. The van der Waals surface area contributed by atoms with Crippen molar-refractivity contribution in [3.8, 4) is 0 Å². The zero-order chi connectivity index (χ0) is 19.5. The maximum absolute atomic E-state index is 13.4. The van der Waals surface area contributed by atoms with E-state index in [0.29, 0.717) is 16.7 Å². The third kappa shape index (κ3) is 3.59. The number of esters is 1. The lowest BCUT2D eigenvalue weighted by Gasteiger charge is -2.07. The number of para-hydroxylation sites is 3. The highest BCUT2D eigenvalue weighted by Crippen LogP contribution is 2.23. The lowest BCUT2D eigenvalue weighted by atomic mass is 10.2. The molecule has 0 amide bonds. The average Bonchev–Trinajstić information content (AvgIpc) is 3.09. The molecule has 0 bridgehead atoms. The van der Waals surface area contributed by atoms with Gasteiger partial charge in [0.1, 0.15) is 6.61 Å². The van der Waals surface area contributed by atoms with E-state index in [9.17, 15) is 13.6 Å². The fraction of sp³-hybridized carbons (Fsp3) is 0.0952. The van der Waals surface area contributed by atoms with E-state index in [1.54, 1.807) is 30.3 Å². The van der Waals surface area contributed by atoms with Crippen LogP contribution in [-0.4, -0.2) is 20.5 Å². The van der Waals surface area contributed by atoms with Crippen LogP contribution in [0, 0.1) is 0 Å². The Labute approximate surface area is 158 Å². The molecule has 0 saturated carbocycles. The molecule has 2 heterocycles. The highest BCUT2D eigenvalue weighted by Gasteiger charge is 2.18. The maximum Gasteiger partial charge on any atom is 0.331 e. The van der Waals surface area contributed by atoms with Crippen LogP contribution in [0.4, 0.5) is 8.78 Å². The molecule has 0 N–H and O–H groups in total. The summed E-state index contributed by atoms with van der Waals surface area (Å²) >= 11 is 0. The molecule has 140 valence electrons. The monoisotopic (exact) mass is 379 g/mol. The number of alkyl halides is 2. The summed E-state index contributed by atoms with van der Waals surface area (Å²) in [5.74, 6) is -0.676. The van der Waals surface area contributed by atoms with Gasteiger partial charge in [-0.3, -0.25) is 4.57 Å². The number of carbonyl (C=O) groups excluding carboxylic acids is 1. The Balaban J connectivity index is 1.47. The predicted molar refractivity (Wildman–Crippen MR) is 102 cm³/mol. The maximum atomic E-state index is 13.4. The van der Waals surface area contributed by atoms with Crippen molar-refractivity contribution in [1.82, 2.24) is 14.5 Å². The molecule has 0 aliphatic heterocycles. The normalized spacial score (nSPS) is 11.7. The summed E-state index contributed by atoms with van der Waals surface area (Å²) in [6.07, 6.45) is 2.73. The molecule has 4 aromatic rings. The van der Waals surface area contributed by atoms with Crippen molar-refractivity contribution in [1.29, 1.82) is 0 Å². The van der Waals surface area contributed by atoms with E-state index in [2.05, 4.69) is 9.97 Å². The van der Waals surface area contributed by atoms with Gasteiger partial charge in [-0.1, -0.05) is 36.4 Å². The van der Waals surface area contributed by atoms with Crippen LogP contribution in [0.5, 0.6) is 0 Å². The summed E-state index contributed by atoms with van der Waals surface area (Å²) in [7, 11) is 0. The van der Waals surface area contributed by atoms with Gasteiger partial charge in [-0.25, -0.2) is 14.8 Å². The van der Waals surface area contributed by atoms with Gasteiger partial charge >= 0.3 is 12.5 Å². The van der Waals surface area contributed by atoms with Crippen molar-refractivity contribution in [2.75, 3.05) is 0 Å². The minimum absolute atomic E-state index is 0.0122. The van der Waals surface area contributed by atoms with Crippen molar-refractivity contribution in [3.63, 3.8) is 0 Å². The van der Waals surface area contributed by atoms with Crippen LogP contribution >= 0.6 is 0 Å². The van der Waals surface area contributed by atoms with E-state index in [-0.39, 0.29) is 12.4 Å². The first-order valence-corrected chi connectivity index (χ1v) is 8.56. The van der Waals surface area contributed by atoms with Gasteiger partial charge in [0.25, 0.3) is 0 Å². The van der Waals surface area contributed by atoms with Crippen LogP contribution in [0.1, 0.15) is 18.1 Å². The van der Waals surface area contributed by atoms with E-state index in [1.165, 1.54) is 12.2 Å². The van der Waals surface area contributed by atoms with Crippen LogP contribution < -0.4 is 0 Å². The minimum atomic E-state index is -2.78. The van der Waals surface area contributed by atoms with Gasteiger partial charge in [-0.05, 0) is 30.3 Å². The molecule has 7 heteroatoms. The van der Waals surface area contributed by atoms with Crippen LogP contribution in [0.3, 0.4) is 0 Å². The molecule has 0 radical (unpaired) electrons. The number of aromatic nitrogens is 3. The number of pyridine rings is 1. The van der Waals surface area contributed by atoms with E-state index in [1.807, 2.05) is 30.3 Å². The smallest absolute Gasteiger partial charge is 0.331 e. The molecule has 0 atom stereocenters. The van der Waals surface area contributed by atoms with Crippen molar-refractivity contribution in [2.24, 2.45) is 0 Å². The Morgan fingerprint density at radius 2 is 1.75 bits per heavy atom. The Morgan fingerprint density at radius 1 is 1.00 bits per heavy atom. The molecule has 0 saturated heterocycles. The van der Waals surface area contributed by atoms with Crippen LogP contribution in [-0.2, 0) is 16.1 Å². The van der Waals surface area contributed by atoms with Gasteiger partial charge in [0, 0.05) is 11.5 Å². The van der Waals surface area contributed by atoms with E-state index in [4.69, 9.17) is 4.74 Å². The second-order valence-corrected chi connectivity index (χ2v) is 6.03. The van der Waals surface area contributed by atoms with Gasteiger partial charge in [-0.15, -0.1) is 0 Å². The summed E-state index contributed by atoms with van der Waals surface area (Å²) in [4.78, 5) is 20.5. The molecule has 2 aromatic heterocycles. The fourth-order valence-corrected chi connectivity index (χ4v) is 2.93. The molecule has 0 aliphatic rings. The number of imidazole rings is 1. The number of nitrogens with zero attached hydrogens (tertiary/aromatic N) is 3. The Kier molecular flexibility index (Phi) is 4.80. The SMILES string of the molecule is O=C(/C=C\c1ccc2ccccc2n1)OCc1nc2ccccc2n1C(F)F. The van der Waals surface area contributed by atoms with Crippen LogP contribution in [0.15, 0.2) is 66.7 Å². The Hall–Kier alpha value is -3.61. The predicted octanol–water partition coefficient (Wildman–Crippen LogP) is 4.74. The standard InChI is InChI=1S/C21H15F2N3O2/c22-21(23)26-18-8-4-3-7-17(18)25-19(26)13-28-20(27)12-11-15-10-9-14-5-1-2-6-16(14)24-15/h1-12,21H,13H2/b12-11-. The molecule has 5 nitrogen and oxygen atoms in total. The minimum Gasteiger partial charge on any atom is -0.454 e. The fourth-order valence-electron chi connectivity index (χ4n) is 2.93. The van der Waals surface area contributed by atoms with Crippen LogP contribution in [0.2, 0.25) is 0 Å². The van der Waals surface area contributed by atoms with Crippen molar-refractivity contribution in [2.45, 2.75) is 13.2 Å². The topological polar surface area (TPSA) is 57.0 Å². The molecule has 0 spiro atoms. The molecule has 2 aromatic carbocycles. The third-order valence-electron chi connectivity index (χ3n) is 4.22. The third-order valence-corrected chi connectivity index (χ3v) is 4.22. The van der Waals surface area contributed by atoms with Gasteiger partial charge in [0.05, 0.1) is 22.2 Å². The van der Waals surface area contributed by atoms with Gasteiger partial charge in [0.2, 0.25) is 0 Å². The van der Waals surface area contributed by atoms with E-state index >= 15 is 0 Å². The van der Waals surface area contributed by atoms with Crippen LogP contribution in [0.25, 0.3) is 28.0 Å². The van der Waals surface area contributed by atoms with E-state index < -0.39 is 12.5 Å². The summed E-state index contributed by atoms with van der Waals surface area (Å²) in [6.45, 7) is -3.13. The number of fused-ring (bicyclic) bond motifs is 2. The number of carbonyl (C=O) groups is 1. The van der Waals surface area contributed by atoms with Gasteiger partial charge in [-0.2, -0.15) is 8.78 Å². The second-order valence-electron chi connectivity index (χ2n) is 6.03. The van der Waals surface area contributed by atoms with Crippen molar-refractivity contribution in [3.05, 3.63) is 78.3 Å². The first-order valence-electron chi connectivity index (χ1n) is 8.56. The Bertz CT molecular complexity index is 1180. The first kappa shape index (κ1) is 17.8. The number of benzene rings is 2. The molecule has 4 rings (SSSR count). The highest BCUT2D eigenvalue weighted by atomic mass is 19.3. The summed E-state index contributed by atoms with van der Waals surface area (Å²) in [5.41, 5.74) is 2.11. The zero-order valence-electron chi connectivity index (χ0n) is 14.6. The summed E-state index contributed by atoms with van der Waals surface area (Å²) in [6, 6.07) is 17.8. The number of rotatable bonds is 5. The molecular weight excluding hydrogens is 364 g/mol. The molecule has 0 fully saturated rings. The molecular formula is C21H15F2N3O2. The number of hydrogen-bond acceptors (Lipinski definition) is 4.